The van der Waals surface area contributed by atoms with Crippen molar-refractivity contribution in [3.63, 3.8) is 0 Å². The number of carbonyl (C=O) groups is 1. The summed E-state index contributed by atoms with van der Waals surface area (Å²) in [7, 11) is 4.02. The number of carbonyl (C=O) groups excluding carboxylic acids is 1. The van der Waals surface area contributed by atoms with Crippen LogP contribution in [0.5, 0.6) is 0 Å². The highest BCUT2D eigenvalue weighted by Crippen LogP contribution is 2.21. The molecule has 1 amide bonds. The summed E-state index contributed by atoms with van der Waals surface area (Å²) in [6, 6.07) is 5.34. The van der Waals surface area contributed by atoms with Crippen molar-refractivity contribution in [2.45, 2.75) is 13.8 Å². The van der Waals surface area contributed by atoms with Gasteiger partial charge in [0.05, 0.1) is 0 Å². The van der Waals surface area contributed by atoms with Crippen molar-refractivity contribution >= 4 is 27.5 Å². The maximum absolute atomic E-state index is 12.6. The summed E-state index contributed by atoms with van der Waals surface area (Å²) in [6.07, 6.45) is 0. The van der Waals surface area contributed by atoms with Crippen molar-refractivity contribution in [2.24, 2.45) is 5.92 Å². The quantitative estimate of drug-likeness (QED) is 0.809. The van der Waals surface area contributed by atoms with E-state index in [1.54, 1.807) is 18.2 Å². The van der Waals surface area contributed by atoms with Gasteiger partial charge < -0.3 is 15.5 Å². The Kier molecular flexibility index (Phi) is 6.49. The lowest BCUT2D eigenvalue weighted by atomic mass is 10.1. The molecule has 2 N–H and O–H groups in total. The van der Waals surface area contributed by atoms with Crippen LogP contribution in [-0.2, 0) is 0 Å². The van der Waals surface area contributed by atoms with E-state index in [1.807, 2.05) is 19.0 Å². The number of nitrogen functional groups attached to an aromatic ring is 1. The predicted molar refractivity (Wildman–Crippen MR) is 87.8 cm³/mol. The summed E-state index contributed by atoms with van der Waals surface area (Å²) < 4.78 is 0.764. The van der Waals surface area contributed by atoms with Crippen LogP contribution < -0.4 is 5.73 Å². The molecule has 0 spiro atoms. The van der Waals surface area contributed by atoms with Crippen LogP contribution in [0.25, 0.3) is 0 Å². The van der Waals surface area contributed by atoms with Crippen molar-refractivity contribution in [3.05, 3.63) is 28.2 Å². The molecule has 0 fully saturated rings. The Morgan fingerprint density at radius 3 is 2.45 bits per heavy atom. The molecule has 0 heterocycles. The zero-order valence-corrected chi connectivity index (χ0v) is 14.3. The number of rotatable bonds is 6. The Morgan fingerprint density at radius 2 is 1.95 bits per heavy atom. The van der Waals surface area contributed by atoms with Crippen molar-refractivity contribution < 1.29 is 4.79 Å². The lowest BCUT2D eigenvalue weighted by Gasteiger charge is -2.26. The molecule has 20 heavy (non-hydrogen) atoms. The molecule has 0 saturated heterocycles. The van der Waals surface area contributed by atoms with Crippen LogP contribution in [0.1, 0.15) is 24.2 Å². The van der Waals surface area contributed by atoms with E-state index in [-0.39, 0.29) is 5.91 Å². The van der Waals surface area contributed by atoms with Crippen molar-refractivity contribution in [2.75, 3.05) is 39.5 Å². The van der Waals surface area contributed by atoms with E-state index in [0.717, 1.165) is 24.1 Å². The van der Waals surface area contributed by atoms with Crippen LogP contribution in [0.2, 0.25) is 0 Å². The number of amides is 1. The Morgan fingerprint density at radius 1 is 1.30 bits per heavy atom. The summed E-state index contributed by atoms with van der Waals surface area (Å²) in [5.41, 5.74) is 7.08. The molecule has 0 bridgehead atoms. The summed E-state index contributed by atoms with van der Waals surface area (Å²) in [5, 5.41) is 0. The average molecular weight is 342 g/mol. The van der Waals surface area contributed by atoms with Gasteiger partial charge in [-0.15, -0.1) is 0 Å². The van der Waals surface area contributed by atoms with Crippen LogP contribution in [0, 0.1) is 5.92 Å². The molecule has 0 aromatic heterocycles. The van der Waals surface area contributed by atoms with Crippen LogP contribution in [0.4, 0.5) is 5.69 Å². The van der Waals surface area contributed by atoms with E-state index in [9.17, 15) is 4.79 Å². The smallest absolute Gasteiger partial charge is 0.253 e. The van der Waals surface area contributed by atoms with Crippen molar-refractivity contribution in [1.29, 1.82) is 0 Å². The van der Waals surface area contributed by atoms with Gasteiger partial charge in [0.25, 0.3) is 5.91 Å². The van der Waals surface area contributed by atoms with Gasteiger partial charge in [-0.25, -0.2) is 0 Å². The van der Waals surface area contributed by atoms with Gasteiger partial charge in [-0.05, 0) is 54.1 Å². The molecule has 0 aliphatic heterocycles. The second-order valence-electron chi connectivity index (χ2n) is 5.68. The summed E-state index contributed by atoms with van der Waals surface area (Å²) in [6.45, 7) is 6.58. The number of hydrogen-bond donors (Lipinski definition) is 1. The molecule has 0 radical (unpaired) electrons. The summed E-state index contributed by atoms with van der Waals surface area (Å²) in [4.78, 5) is 16.6. The lowest BCUT2D eigenvalue weighted by molar-refractivity contribution is 0.0724. The minimum absolute atomic E-state index is 0.0567. The molecular formula is C15H24BrN3O. The number of benzene rings is 1. The fraction of sp³-hybridized carbons (Fsp3) is 0.533. The van der Waals surface area contributed by atoms with Gasteiger partial charge >= 0.3 is 0 Å². The third-order valence-corrected chi connectivity index (χ3v) is 3.62. The fourth-order valence-corrected chi connectivity index (χ4v) is 2.26. The number of anilines is 1. The highest BCUT2D eigenvalue weighted by Gasteiger charge is 2.17. The molecule has 4 nitrogen and oxygen atoms in total. The van der Waals surface area contributed by atoms with E-state index >= 15 is 0 Å². The Balaban J connectivity index is 2.87. The molecule has 1 aromatic carbocycles. The molecule has 5 heteroatoms. The number of likely N-dealkylation sites (N-methyl/N-ethyl adjacent to an activating group) is 1. The van der Waals surface area contributed by atoms with Gasteiger partial charge in [0.1, 0.15) is 0 Å². The van der Waals surface area contributed by atoms with E-state index in [0.29, 0.717) is 17.2 Å². The molecular weight excluding hydrogens is 318 g/mol. The molecule has 0 unspecified atom stereocenters. The monoisotopic (exact) mass is 341 g/mol. The van der Waals surface area contributed by atoms with Gasteiger partial charge in [-0.1, -0.05) is 13.8 Å². The van der Waals surface area contributed by atoms with Crippen LogP contribution in [-0.4, -0.2) is 49.4 Å². The number of nitrogens with zero attached hydrogens (tertiary/aromatic N) is 2. The lowest BCUT2D eigenvalue weighted by Crippen LogP contribution is -2.39. The second kappa shape index (κ2) is 7.64. The molecule has 0 atom stereocenters. The maximum Gasteiger partial charge on any atom is 0.253 e. The Bertz CT molecular complexity index is 460. The average Bonchev–Trinajstić information content (AvgIpc) is 2.36. The van der Waals surface area contributed by atoms with Crippen molar-refractivity contribution in [3.8, 4) is 0 Å². The van der Waals surface area contributed by atoms with Gasteiger partial charge in [0.15, 0.2) is 0 Å². The zero-order chi connectivity index (χ0) is 15.3. The highest BCUT2D eigenvalue weighted by atomic mass is 79.9. The van der Waals surface area contributed by atoms with E-state index in [1.165, 1.54) is 0 Å². The first kappa shape index (κ1) is 17.0. The topological polar surface area (TPSA) is 49.6 Å². The predicted octanol–water partition coefficient (Wildman–Crippen LogP) is 2.69. The number of halogens is 1. The zero-order valence-electron chi connectivity index (χ0n) is 12.7. The van der Waals surface area contributed by atoms with E-state index < -0.39 is 0 Å². The molecule has 1 aromatic rings. The first-order valence-electron chi connectivity index (χ1n) is 6.80. The van der Waals surface area contributed by atoms with Gasteiger partial charge in [0.2, 0.25) is 0 Å². The highest BCUT2D eigenvalue weighted by molar-refractivity contribution is 9.10. The van der Waals surface area contributed by atoms with E-state index in [4.69, 9.17) is 5.73 Å². The number of hydrogen-bond acceptors (Lipinski definition) is 3. The second-order valence-corrected chi connectivity index (χ2v) is 6.54. The van der Waals surface area contributed by atoms with Crippen LogP contribution in [0.15, 0.2) is 22.7 Å². The first-order valence-corrected chi connectivity index (χ1v) is 7.59. The third-order valence-electron chi connectivity index (χ3n) is 2.94. The first-order chi connectivity index (χ1) is 9.31. The molecule has 1 rings (SSSR count). The fourth-order valence-electron chi connectivity index (χ4n) is 1.88. The molecule has 0 aliphatic carbocycles. The van der Waals surface area contributed by atoms with Crippen LogP contribution in [0.3, 0.4) is 0 Å². The minimum Gasteiger partial charge on any atom is -0.398 e. The van der Waals surface area contributed by atoms with E-state index in [2.05, 4.69) is 34.7 Å². The molecule has 0 aliphatic rings. The Hall–Kier alpha value is -1.07. The van der Waals surface area contributed by atoms with Gasteiger partial charge in [-0.3, -0.25) is 4.79 Å². The standard InChI is InChI=1S/C15H24BrN3O/c1-11(2)10-19(8-7-18(3)4)15(20)12-5-6-14(17)13(16)9-12/h5-6,9,11H,7-8,10,17H2,1-4H3. The van der Waals surface area contributed by atoms with Gasteiger partial charge in [-0.2, -0.15) is 0 Å². The normalized spacial score (nSPS) is 11.2. The van der Waals surface area contributed by atoms with Gasteiger partial charge in [0, 0.05) is 35.4 Å². The Labute approximate surface area is 130 Å². The molecule has 0 saturated carbocycles. The molecule has 112 valence electrons. The van der Waals surface area contributed by atoms with Crippen molar-refractivity contribution in [1.82, 2.24) is 9.80 Å². The largest absolute Gasteiger partial charge is 0.398 e. The third kappa shape index (κ3) is 5.13. The minimum atomic E-state index is 0.0567. The summed E-state index contributed by atoms with van der Waals surface area (Å²) >= 11 is 3.37. The SMILES string of the molecule is CC(C)CN(CCN(C)C)C(=O)c1ccc(N)c(Br)c1. The number of nitrogens with two attached hydrogens (primary N) is 1. The summed E-state index contributed by atoms with van der Waals surface area (Å²) in [5.74, 6) is 0.500. The maximum atomic E-state index is 12.6. The van der Waals surface area contributed by atoms with Crippen LogP contribution >= 0.6 is 15.9 Å².